The third kappa shape index (κ3) is 6.72. The lowest BCUT2D eigenvalue weighted by molar-refractivity contribution is -0.132. The van der Waals surface area contributed by atoms with Gasteiger partial charge in [-0.2, -0.15) is 0 Å². The first-order valence-electron chi connectivity index (χ1n) is 9.47. The van der Waals surface area contributed by atoms with Crippen molar-refractivity contribution in [3.63, 3.8) is 0 Å². The molecular formula is C20H33IN4O3. The number of halogens is 1. The maximum Gasteiger partial charge on any atom is 0.222 e. The number of aliphatic imine (C=N–C) groups is 1. The third-order valence-electron chi connectivity index (χ3n) is 4.58. The van der Waals surface area contributed by atoms with Gasteiger partial charge < -0.3 is 25.0 Å². The fraction of sp³-hybridized carbons (Fsp3) is 0.600. The van der Waals surface area contributed by atoms with E-state index in [2.05, 4.69) is 29.5 Å². The quantitative estimate of drug-likeness (QED) is 0.259. The van der Waals surface area contributed by atoms with E-state index in [0.717, 1.165) is 36.7 Å². The molecule has 158 valence electrons. The molecular weight excluding hydrogens is 471 g/mol. The summed E-state index contributed by atoms with van der Waals surface area (Å²) in [5, 5.41) is 6.47. The monoisotopic (exact) mass is 504 g/mol. The van der Waals surface area contributed by atoms with Crippen LogP contribution in [0.1, 0.15) is 37.8 Å². The van der Waals surface area contributed by atoms with Gasteiger partial charge in [0.05, 0.1) is 14.2 Å². The summed E-state index contributed by atoms with van der Waals surface area (Å²) in [6.07, 6.45) is 2.13. The number of nitrogens with one attached hydrogen (secondary N) is 2. The van der Waals surface area contributed by atoms with Crippen LogP contribution in [0, 0.1) is 0 Å². The molecule has 0 bridgehead atoms. The topological polar surface area (TPSA) is 75.2 Å². The zero-order chi connectivity index (χ0) is 19.8. The van der Waals surface area contributed by atoms with Gasteiger partial charge in [0.15, 0.2) is 17.5 Å². The molecule has 0 saturated carbocycles. The summed E-state index contributed by atoms with van der Waals surface area (Å²) in [5.74, 6) is 2.40. The number of hydrogen-bond acceptors (Lipinski definition) is 4. The molecule has 0 atom stereocenters. The Hall–Kier alpha value is -1.71. The number of guanidine groups is 1. The summed E-state index contributed by atoms with van der Waals surface area (Å²) in [6.45, 7) is 6.21. The third-order valence-corrected chi connectivity index (χ3v) is 4.58. The van der Waals surface area contributed by atoms with Crippen molar-refractivity contribution in [1.82, 2.24) is 15.5 Å². The van der Waals surface area contributed by atoms with Gasteiger partial charge in [0.25, 0.3) is 0 Å². The number of nitrogens with zero attached hydrogens (tertiary/aromatic N) is 2. The van der Waals surface area contributed by atoms with Crippen LogP contribution in [0.25, 0.3) is 0 Å². The van der Waals surface area contributed by atoms with Crippen molar-refractivity contribution in [2.45, 2.75) is 45.7 Å². The molecule has 2 N–H and O–H groups in total. The van der Waals surface area contributed by atoms with E-state index < -0.39 is 0 Å². The zero-order valence-electron chi connectivity index (χ0n) is 17.5. The first-order chi connectivity index (χ1) is 13.0. The molecule has 1 aliphatic heterocycles. The van der Waals surface area contributed by atoms with E-state index in [1.54, 1.807) is 21.3 Å². The zero-order valence-corrected chi connectivity index (χ0v) is 19.8. The van der Waals surface area contributed by atoms with Crippen LogP contribution in [0.4, 0.5) is 0 Å². The Morgan fingerprint density at radius 3 is 2.43 bits per heavy atom. The van der Waals surface area contributed by atoms with Crippen LogP contribution in [0.2, 0.25) is 0 Å². The second kappa shape index (κ2) is 12.0. The summed E-state index contributed by atoms with van der Waals surface area (Å²) in [4.78, 5) is 18.7. The first kappa shape index (κ1) is 24.3. The van der Waals surface area contributed by atoms with Crippen molar-refractivity contribution in [2.75, 3.05) is 34.4 Å². The van der Waals surface area contributed by atoms with Gasteiger partial charge in [0.2, 0.25) is 5.91 Å². The largest absolute Gasteiger partial charge is 0.493 e. The lowest BCUT2D eigenvalue weighted by Crippen LogP contribution is -2.41. The molecule has 0 spiro atoms. The minimum Gasteiger partial charge on any atom is -0.493 e. The van der Waals surface area contributed by atoms with Crippen LogP contribution >= 0.6 is 24.0 Å². The fourth-order valence-electron chi connectivity index (χ4n) is 3.17. The average Bonchev–Trinajstić information content (AvgIpc) is 2.68. The number of amides is 1. The highest BCUT2D eigenvalue weighted by atomic mass is 127. The van der Waals surface area contributed by atoms with Gasteiger partial charge in [-0.25, -0.2) is 0 Å². The van der Waals surface area contributed by atoms with Gasteiger partial charge in [-0.3, -0.25) is 9.79 Å². The van der Waals surface area contributed by atoms with Crippen molar-refractivity contribution >= 4 is 35.8 Å². The van der Waals surface area contributed by atoms with E-state index >= 15 is 0 Å². The molecule has 7 nitrogen and oxygen atoms in total. The maximum atomic E-state index is 12.6. The number of benzene rings is 1. The summed E-state index contributed by atoms with van der Waals surface area (Å²) in [5.41, 5.74) is 2.36. The van der Waals surface area contributed by atoms with Crippen LogP contribution < -0.4 is 20.1 Å². The SMILES string of the molecule is CN=C(NCCCC(=O)N1CCc2cc(OC)c(OC)cc2C1)NC(C)C.I. The summed E-state index contributed by atoms with van der Waals surface area (Å²) >= 11 is 0. The number of carbonyl (C=O) groups excluding carboxylic acids is 1. The van der Waals surface area contributed by atoms with Crippen LogP contribution in [0.3, 0.4) is 0 Å². The normalized spacial score (nSPS) is 13.5. The standard InChI is InChI=1S/C20H32N4O3.HI/c1-14(2)23-20(21-3)22-9-6-7-19(25)24-10-8-15-11-17(26-4)18(27-5)12-16(15)13-24;/h11-12,14H,6-10,13H2,1-5H3,(H2,21,22,23);1H. The average molecular weight is 504 g/mol. The molecule has 1 heterocycles. The number of carbonyl (C=O) groups is 1. The van der Waals surface area contributed by atoms with Gasteiger partial charge in [-0.15, -0.1) is 24.0 Å². The Morgan fingerprint density at radius 2 is 1.86 bits per heavy atom. The van der Waals surface area contributed by atoms with Crippen molar-refractivity contribution < 1.29 is 14.3 Å². The molecule has 0 radical (unpaired) electrons. The molecule has 0 unspecified atom stereocenters. The molecule has 2 rings (SSSR count). The van der Waals surface area contributed by atoms with Crippen molar-refractivity contribution in [2.24, 2.45) is 4.99 Å². The highest BCUT2D eigenvalue weighted by Gasteiger charge is 2.22. The molecule has 1 aromatic rings. The molecule has 1 amide bonds. The molecule has 1 aromatic carbocycles. The van der Waals surface area contributed by atoms with Gasteiger partial charge in [-0.05, 0) is 49.9 Å². The smallest absolute Gasteiger partial charge is 0.222 e. The van der Waals surface area contributed by atoms with E-state index in [9.17, 15) is 4.79 Å². The van der Waals surface area contributed by atoms with Crippen LogP contribution in [-0.4, -0.2) is 57.2 Å². The Kier molecular flexibility index (Phi) is 10.4. The van der Waals surface area contributed by atoms with Crippen molar-refractivity contribution in [1.29, 1.82) is 0 Å². The Labute approximate surface area is 185 Å². The lowest BCUT2D eigenvalue weighted by Gasteiger charge is -2.29. The summed E-state index contributed by atoms with van der Waals surface area (Å²) < 4.78 is 10.8. The molecule has 28 heavy (non-hydrogen) atoms. The minimum absolute atomic E-state index is 0. The number of ether oxygens (including phenoxy) is 2. The molecule has 1 aliphatic rings. The fourth-order valence-corrected chi connectivity index (χ4v) is 3.17. The van der Waals surface area contributed by atoms with Crippen molar-refractivity contribution in [3.8, 4) is 11.5 Å². The molecule has 0 saturated heterocycles. The highest BCUT2D eigenvalue weighted by molar-refractivity contribution is 14.0. The van der Waals surface area contributed by atoms with Gasteiger partial charge in [-0.1, -0.05) is 0 Å². The van der Waals surface area contributed by atoms with E-state index in [1.807, 2.05) is 17.0 Å². The van der Waals surface area contributed by atoms with Crippen LogP contribution in [0.15, 0.2) is 17.1 Å². The van der Waals surface area contributed by atoms with Crippen molar-refractivity contribution in [3.05, 3.63) is 23.3 Å². The molecule has 0 fully saturated rings. The Morgan fingerprint density at radius 1 is 1.21 bits per heavy atom. The highest BCUT2D eigenvalue weighted by Crippen LogP contribution is 2.33. The van der Waals surface area contributed by atoms with E-state index in [0.29, 0.717) is 31.3 Å². The van der Waals surface area contributed by atoms with E-state index in [-0.39, 0.29) is 29.9 Å². The maximum absolute atomic E-state index is 12.6. The second-order valence-electron chi connectivity index (χ2n) is 6.94. The van der Waals surface area contributed by atoms with Gasteiger partial charge in [0, 0.05) is 39.1 Å². The van der Waals surface area contributed by atoms with Gasteiger partial charge >= 0.3 is 0 Å². The second-order valence-corrected chi connectivity index (χ2v) is 6.94. The van der Waals surface area contributed by atoms with E-state index in [1.165, 1.54) is 5.56 Å². The predicted molar refractivity (Wildman–Crippen MR) is 123 cm³/mol. The number of hydrogen-bond donors (Lipinski definition) is 2. The Balaban J connectivity index is 0.00000392. The number of rotatable bonds is 7. The molecule has 8 heteroatoms. The first-order valence-corrected chi connectivity index (χ1v) is 9.47. The Bertz CT molecular complexity index is 680. The molecule has 0 aliphatic carbocycles. The minimum atomic E-state index is 0. The van der Waals surface area contributed by atoms with Gasteiger partial charge in [0.1, 0.15) is 0 Å². The summed E-state index contributed by atoms with van der Waals surface area (Å²) in [6, 6.07) is 4.33. The number of methoxy groups -OCH3 is 2. The summed E-state index contributed by atoms with van der Waals surface area (Å²) in [7, 11) is 5.02. The van der Waals surface area contributed by atoms with E-state index in [4.69, 9.17) is 9.47 Å². The lowest BCUT2D eigenvalue weighted by atomic mass is 9.98. The van der Waals surface area contributed by atoms with Crippen LogP contribution in [-0.2, 0) is 17.8 Å². The molecule has 0 aromatic heterocycles. The van der Waals surface area contributed by atoms with Crippen LogP contribution in [0.5, 0.6) is 11.5 Å². The number of fused-ring (bicyclic) bond motifs is 1. The predicted octanol–water partition coefficient (Wildman–Crippen LogP) is 2.56.